The van der Waals surface area contributed by atoms with Crippen molar-refractivity contribution in [2.45, 2.75) is 32.2 Å². The first-order valence-corrected chi connectivity index (χ1v) is 10.8. The maximum atomic E-state index is 11.3. The molecule has 1 N–H and O–H groups in total. The monoisotopic (exact) mass is 418 g/mol. The zero-order chi connectivity index (χ0) is 21.8. The van der Waals surface area contributed by atoms with Gasteiger partial charge in [-0.2, -0.15) is 0 Å². The number of carbonyl (C=O) groups excluding carboxylic acids is 1. The number of aromatic amines is 1. The van der Waals surface area contributed by atoms with Crippen LogP contribution in [0, 0.1) is 6.92 Å². The van der Waals surface area contributed by atoms with Gasteiger partial charge < -0.3 is 14.5 Å². The molecule has 1 aliphatic heterocycles. The van der Waals surface area contributed by atoms with Crippen molar-refractivity contribution in [3.63, 3.8) is 0 Å². The Kier molecular flexibility index (Phi) is 6.42. The molecule has 1 saturated heterocycles. The lowest BCUT2D eigenvalue weighted by atomic mass is 10.0. The van der Waals surface area contributed by atoms with Crippen LogP contribution in [0.1, 0.15) is 41.3 Å². The second-order valence-electron chi connectivity index (χ2n) is 8.11. The zero-order valence-corrected chi connectivity index (χ0v) is 18.5. The summed E-state index contributed by atoms with van der Waals surface area (Å²) in [6, 6.07) is 15.2. The van der Waals surface area contributed by atoms with E-state index in [1.807, 2.05) is 6.07 Å². The standard InChI is InChI=1S/C26H30N2O3/c1-18-22(23-17-21(30-2)11-12-24(23)27-18)14-16-28-15-4-5-25(28)20-9-6-19(7-10-20)8-13-26(29)31-3/h6-13,17,25,27H,4-5,14-16H2,1-3H3/b13-8+/t25-/m0/s1. The van der Waals surface area contributed by atoms with E-state index in [0.717, 1.165) is 30.8 Å². The van der Waals surface area contributed by atoms with E-state index in [0.29, 0.717) is 6.04 Å². The third-order valence-electron chi connectivity index (χ3n) is 6.27. The van der Waals surface area contributed by atoms with Gasteiger partial charge in [0.1, 0.15) is 5.75 Å². The van der Waals surface area contributed by atoms with Gasteiger partial charge in [0.2, 0.25) is 0 Å². The highest BCUT2D eigenvalue weighted by Crippen LogP contribution is 2.33. The molecule has 5 nitrogen and oxygen atoms in total. The Labute approximate surface area is 183 Å². The molecule has 0 spiro atoms. The van der Waals surface area contributed by atoms with E-state index in [1.54, 1.807) is 13.2 Å². The fraction of sp³-hybridized carbons (Fsp3) is 0.346. The second-order valence-corrected chi connectivity index (χ2v) is 8.11. The minimum atomic E-state index is -0.337. The Balaban J connectivity index is 1.46. The summed E-state index contributed by atoms with van der Waals surface area (Å²) in [5.41, 5.74) is 6.12. The average molecular weight is 419 g/mol. The van der Waals surface area contributed by atoms with E-state index in [1.165, 1.54) is 53.8 Å². The predicted molar refractivity (Wildman–Crippen MR) is 124 cm³/mol. The van der Waals surface area contributed by atoms with E-state index in [-0.39, 0.29) is 5.97 Å². The Morgan fingerprint density at radius 3 is 2.74 bits per heavy atom. The molecule has 1 aliphatic rings. The molecule has 1 atom stereocenters. The third-order valence-corrected chi connectivity index (χ3v) is 6.27. The van der Waals surface area contributed by atoms with Crippen LogP contribution >= 0.6 is 0 Å². The number of H-pyrrole nitrogens is 1. The quantitative estimate of drug-likeness (QED) is 0.431. The van der Waals surface area contributed by atoms with E-state index >= 15 is 0 Å². The lowest BCUT2D eigenvalue weighted by molar-refractivity contribution is -0.134. The van der Waals surface area contributed by atoms with Crippen molar-refractivity contribution in [2.75, 3.05) is 27.3 Å². The summed E-state index contributed by atoms with van der Waals surface area (Å²) in [5, 5.41) is 1.26. The summed E-state index contributed by atoms with van der Waals surface area (Å²) in [6.07, 6.45) is 6.65. The first-order valence-electron chi connectivity index (χ1n) is 10.8. The van der Waals surface area contributed by atoms with Crippen molar-refractivity contribution in [3.05, 3.63) is 70.9 Å². The molecule has 5 heteroatoms. The predicted octanol–water partition coefficient (Wildman–Crippen LogP) is 5.05. The smallest absolute Gasteiger partial charge is 0.330 e. The molecule has 162 valence electrons. The molecule has 4 rings (SSSR count). The van der Waals surface area contributed by atoms with E-state index in [2.05, 4.69) is 57.9 Å². The number of aryl methyl sites for hydroxylation is 1. The number of carbonyl (C=O) groups is 1. The summed E-state index contributed by atoms with van der Waals surface area (Å²) in [6.45, 7) is 4.31. The molecular weight excluding hydrogens is 388 g/mol. The van der Waals surface area contributed by atoms with Crippen LogP contribution in [0.15, 0.2) is 48.5 Å². The molecule has 0 amide bonds. The summed E-state index contributed by atoms with van der Waals surface area (Å²) in [5.74, 6) is 0.560. The van der Waals surface area contributed by atoms with Crippen LogP contribution in [0.3, 0.4) is 0 Å². The summed E-state index contributed by atoms with van der Waals surface area (Å²) < 4.78 is 10.1. The third kappa shape index (κ3) is 4.67. The number of hydrogen-bond acceptors (Lipinski definition) is 4. The van der Waals surface area contributed by atoms with Gasteiger partial charge >= 0.3 is 5.97 Å². The molecule has 2 heterocycles. The molecule has 1 fully saturated rings. The average Bonchev–Trinajstić information content (AvgIpc) is 3.39. The van der Waals surface area contributed by atoms with Crippen LogP contribution in [-0.4, -0.2) is 43.2 Å². The number of nitrogens with zero attached hydrogens (tertiary/aromatic N) is 1. The number of rotatable bonds is 7. The van der Waals surface area contributed by atoms with Crippen molar-refractivity contribution in [2.24, 2.45) is 0 Å². The van der Waals surface area contributed by atoms with Crippen LogP contribution < -0.4 is 4.74 Å². The number of hydrogen-bond donors (Lipinski definition) is 1. The number of nitrogens with one attached hydrogen (secondary N) is 1. The van der Waals surface area contributed by atoms with Crippen molar-refractivity contribution in [3.8, 4) is 5.75 Å². The van der Waals surface area contributed by atoms with Crippen LogP contribution in [0.2, 0.25) is 0 Å². The van der Waals surface area contributed by atoms with Crippen molar-refractivity contribution >= 4 is 22.9 Å². The first-order chi connectivity index (χ1) is 15.1. The van der Waals surface area contributed by atoms with Gasteiger partial charge in [-0.1, -0.05) is 24.3 Å². The highest BCUT2D eigenvalue weighted by Gasteiger charge is 2.26. The summed E-state index contributed by atoms with van der Waals surface area (Å²) in [4.78, 5) is 17.4. The highest BCUT2D eigenvalue weighted by molar-refractivity contribution is 5.87. The molecule has 0 unspecified atom stereocenters. The van der Waals surface area contributed by atoms with Gasteiger partial charge in [0, 0.05) is 35.3 Å². The van der Waals surface area contributed by atoms with Gasteiger partial charge in [-0.3, -0.25) is 4.90 Å². The number of methoxy groups -OCH3 is 2. The molecule has 0 aliphatic carbocycles. The highest BCUT2D eigenvalue weighted by atomic mass is 16.5. The molecule has 0 bridgehead atoms. The summed E-state index contributed by atoms with van der Waals surface area (Å²) in [7, 11) is 3.10. The van der Waals surface area contributed by atoms with Gasteiger partial charge in [-0.05, 0) is 73.7 Å². The van der Waals surface area contributed by atoms with Gasteiger partial charge in [0.25, 0.3) is 0 Å². The normalized spacial score (nSPS) is 16.9. The van der Waals surface area contributed by atoms with Gasteiger partial charge in [0.05, 0.1) is 14.2 Å². The number of fused-ring (bicyclic) bond motifs is 1. The Hall–Kier alpha value is -3.05. The molecule has 31 heavy (non-hydrogen) atoms. The fourth-order valence-electron chi connectivity index (χ4n) is 4.60. The number of benzene rings is 2. The number of ether oxygens (including phenoxy) is 2. The fourth-order valence-corrected chi connectivity index (χ4v) is 4.60. The van der Waals surface area contributed by atoms with Crippen LogP contribution in [0.4, 0.5) is 0 Å². The number of aromatic nitrogens is 1. The van der Waals surface area contributed by atoms with Crippen molar-refractivity contribution < 1.29 is 14.3 Å². The molecule has 2 aromatic carbocycles. The number of esters is 1. The van der Waals surface area contributed by atoms with Crippen molar-refractivity contribution in [1.29, 1.82) is 0 Å². The molecule has 3 aromatic rings. The van der Waals surface area contributed by atoms with E-state index in [9.17, 15) is 4.79 Å². The minimum absolute atomic E-state index is 0.337. The molecule has 0 saturated carbocycles. The van der Waals surface area contributed by atoms with Crippen LogP contribution in [-0.2, 0) is 16.0 Å². The summed E-state index contributed by atoms with van der Waals surface area (Å²) >= 11 is 0. The molecule has 1 aromatic heterocycles. The Bertz CT molecular complexity index is 1080. The lowest BCUT2D eigenvalue weighted by Gasteiger charge is -2.25. The minimum Gasteiger partial charge on any atom is -0.497 e. The Morgan fingerprint density at radius 1 is 1.19 bits per heavy atom. The maximum absolute atomic E-state index is 11.3. The van der Waals surface area contributed by atoms with E-state index < -0.39 is 0 Å². The van der Waals surface area contributed by atoms with E-state index in [4.69, 9.17) is 4.74 Å². The van der Waals surface area contributed by atoms with Crippen molar-refractivity contribution in [1.82, 2.24) is 9.88 Å². The SMILES string of the molecule is COC(=O)/C=C/c1ccc([C@@H]2CCCN2CCc2c(C)[nH]c3ccc(OC)cc23)cc1. The topological polar surface area (TPSA) is 54.6 Å². The van der Waals surface area contributed by atoms with Gasteiger partial charge in [-0.25, -0.2) is 4.79 Å². The Morgan fingerprint density at radius 2 is 2.00 bits per heavy atom. The second kappa shape index (κ2) is 9.40. The maximum Gasteiger partial charge on any atom is 0.330 e. The molecular formula is C26H30N2O3. The lowest BCUT2D eigenvalue weighted by Crippen LogP contribution is -2.25. The van der Waals surface area contributed by atoms with Gasteiger partial charge in [-0.15, -0.1) is 0 Å². The largest absolute Gasteiger partial charge is 0.497 e. The first kappa shape index (κ1) is 21.2. The van der Waals surface area contributed by atoms with Crippen LogP contribution in [0.25, 0.3) is 17.0 Å². The number of likely N-dealkylation sites (tertiary alicyclic amines) is 1. The zero-order valence-electron chi connectivity index (χ0n) is 18.5. The van der Waals surface area contributed by atoms with Crippen LogP contribution in [0.5, 0.6) is 5.75 Å². The molecule has 0 radical (unpaired) electrons. The van der Waals surface area contributed by atoms with Gasteiger partial charge in [0.15, 0.2) is 0 Å².